The third-order valence-electron chi connectivity index (χ3n) is 4.54. The molecule has 0 saturated carbocycles. The lowest BCUT2D eigenvalue weighted by molar-refractivity contribution is -0.122. The van der Waals surface area contributed by atoms with Crippen LogP contribution in [-0.4, -0.2) is 24.9 Å². The van der Waals surface area contributed by atoms with Gasteiger partial charge in [-0.1, -0.05) is 36.4 Å². The van der Waals surface area contributed by atoms with Gasteiger partial charge in [0.05, 0.1) is 5.69 Å². The lowest BCUT2D eigenvalue weighted by Gasteiger charge is -2.17. The quantitative estimate of drug-likeness (QED) is 0.819. The summed E-state index contributed by atoms with van der Waals surface area (Å²) in [7, 11) is 0. The van der Waals surface area contributed by atoms with Crippen molar-refractivity contribution in [2.24, 2.45) is 5.92 Å². The van der Waals surface area contributed by atoms with Crippen molar-refractivity contribution in [3.8, 4) is 0 Å². The molecule has 3 rings (SSSR count). The van der Waals surface area contributed by atoms with Crippen LogP contribution in [0.1, 0.15) is 12.0 Å². The summed E-state index contributed by atoms with van der Waals surface area (Å²) in [6, 6.07) is 12.8. The number of carbonyl (C=O) groups excluding carboxylic acids is 2. The molecule has 2 aromatic rings. The van der Waals surface area contributed by atoms with Crippen LogP contribution in [0.2, 0.25) is 0 Å². The molecule has 130 valence electrons. The van der Waals surface area contributed by atoms with Crippen LogP contribution in [0.25, 0.3) is 0 Å². The van der Waals surface area contributed by atoms with Crippen molar-refractivity contribution in [2.75, 3.05) is 11.4 Å². The molecule has 6 heteroatoms. The van der Waals surface area contributed by atoms with E-state index in [1.165, 1.54) is 17.0 Å². The fourth-order valence-corrected chi connectivity index (χ4v) is 3.25. The van der Waals surface area contributed by atoms with Crippen LogP contribution in [0.3, 0.4) is 0 Å². The zero-order valence-electron chi connectivity index (χ0n) is 13.5. The molecular weight excluding hydrogens is 326 g/mol. The monoisotopic (exact) mass is 344 g/mol. The van der Waals surface area contributed by atoms with Gasteiger partial charge in [-0.05, 0) is 30.5 Å². The van der Waals surface area contributed by atoms with Gasteiger partial charge >= 0.3 is 0 Å². The molecule has 1 N–H and O–H groups in total. The van der Waals surface area contributed by atoms with Gasteiger partial charge in [0.1, 0.15) is 6.04 Å². The lowest BCUT2D eigenvalue weighted by atomic mass is 9.95. The fraction of sp³-hybridized carbons (Fsp3) is 0.263. The first-order chi connectivity index (χ1) is 12.1. The molecule has 1 aliphatic heterocycles. The van der Waals surface area contributed by atoms with Gasteiger partial charge in [0.25, 0.3) is 0 Å². The molecule has 25 heavy (non-hydrogen) atoms. The largest absolute Gasteiger partial charge is 0.347 e. The molecule has 2 aromatic carbocycles. The standard InChI is InChI=1S/C19H18F2N2O2/c20-15-7-4-8-16(17(15)21)23-11-14(18(19(23)25)22-12-24)10-9-13-5-2-1-3-6-13/h1-8,12,14,18H,9-11H2,(H,22,24). The van der Waals surface area contributed by atoms with Gasteiger partial charge in [-0.25, -0.2) is 8.78 Å². The highest BCUT2D eigenvalue weighted by Crippen LogP contribution is 2.30. The second-order valence-electron chi connectivity index (χ2n) is 6.07. The molecule has 2 unspecified atom stereocenters. The molecule has 0 bridgehead atoms. The molecule has 4 nitrogen and oxygen atoms in total. The Balaban J connectivity index is 1.80. The van der Waals surface area contributed by atoms with E-state index in [0.717, 1.165) is 18.1 Å². The van der Waals surface area contributed by atoms with Crippen molar-refractivity contribution >= 4 is 18.0 Å². The first-order valence-electron chi connectivity index (χ1n) is 8.11. The van der Waals surface area contributed by atoms with Crippen molar-refractivity contribution < 1.29 is 18.4 Å². The molecule has 1 saturated heterocycles. The summed E-state index contributed by atoms with van der Waals surface area (Å²) in [6.45, 7) is 0.234. The van der Waals surface area contributed by atoms with Gasteiger partial charge < -0.3 is 10.2 Å². The Morgan fingerprint density at radius 3 is 2.60 bits per heavy atom. The maximum Gasteiger partial charge on any atom is 0.250 e. The number of rotatable bonds is 6. The summed E-state index contributed by atoms with van der Waals surface area (Å²) in [6.07, 6.45) is 1.85. The number of nitrogens with zero attached hydrogens (tertiary/aromatic N) is 1. The molecule has 0 radical (unpaired) electrons. The number of aryl methyl sites for hydroxylation is 1. The molecule has 1 heterocycles. The smallest absolute Gasteiger partial charge is 0.250 e. The predicted molar refractivity (Wildman–Crippen MR) is 90.0 cm³/mol. The number of benzene rings is 2. The minimum absolute atomic E-state index is 0.0927. The average Bonchev–Trinajstić information content (AvgIpc) is 2.93. The Bertz CT molecular complexity index is 767. The normalized spacial score (nSPS) is 19.9. The van der Waals surface area contributed by atoms with E-state index >= 15 is 0 Å². The van der Waals surface area contributed by atoms with Gasteiger partial charge in [-0.2, -0.15) is 0 Å². The Kier molecular flexibility index (Phi) is 5.07. The van der Waals surface area contributed by atoms with Crippen molar-refractivity contribution in [3.63, 3.8) is 0 Å². The van der Waals surface area contributed by atoms with Gasteiger partial charge in [0.2, 0.25) is 12.3 Å². The van der Waals surface area contributed by atoms with Gasteiger partial charge in [-0.15, -0.1) is 0 Å². The minimum Gasteiger partial charge on any atom is -0.347 e. The second kappa shape index (κ2) is 7.42. The average molecular weight is 344 g/mol. The first-order valence-corrected chi connectivity index (χ1v) is 8.11. The minimum atomic E-state index is -1.05. The summed E-state index contributed by atoms with van der Waals surface area (Å²) < 4.78 is 27.5. The summed E-state index contributed by atoms with van der Waals surface area (Å²) in [4.78, 5) is 24.7. The van der Waals surface area contributed by atoms with E-state index in [1.807, 2.05) is 30.3 Å². The van der Waals surface area contributed by atoms with Gasteiger partial charge in [-0.3, -0.25) is 9.59 Å². The van der Waals surface area contributed by atoms with Crippen LogP contribution in [0, 0.1) is 17.6 Å². The number of amides is 2. The van der Waals surface area contributed by atoms with Gasteiger partial charge in [0.15, 0.2) is 11.6 Å². The van der Waals surface area contributed by atoms with Gasteiger partial charge in [0, 0.05) is 12.5 Å². The second-order valence-corrected chi connectivity index (χ2v) is 6.07. The van der Waals surface area contributed by atoms with Crippen molar-refractivity contribution in [3.05, 3.63) is 65.7 Å². The molecule has 1 fully saturated rings. The maximum atomic E-state index is 14.1. The lowest BCUT2D eigenvalue weighted by Crippen LogP contribution is -2.40. The molecule has 0 aliphatic carbocycles. The fourth-order valence-electron chi connectivity index (χ4n) is 3.25. The molecular formula is C19H18F2N2O2. The zero-order valence-corrected chi connectivity index (χ0v) is 13.5. The first kappa shape index (κ1) is 17.1. The summed E-state index contributed by atoms with van der Waals surface area (Å²) in [5.41, 5.74) is 1.03. The van der Waals surface area contributed by atoms with E-state index in [4.69, 9.17) is 0 Å². The number of hydrogen-bond donors (Lipinski definition) is 1. The van der Waals surface area contributed by atoms with Crippen molar-refractivity contribution in [2.45, 2.75) is 18.9 Å². The SMILES string of the molecule is O=CNC1C(=O)N(c2cccc(F)c2F)CC1CCc1ccccc1. The number of carbonyl (C=O) groups is 2. The maximum absolute atomic E-state index is 14.1. The number of nitrogens with one attached hydrogen (secondary N) is 1. The predicted octanol–water partition coefficient (Wildman–Crippen LogP) is 2.68. The van der Waals surface area contributed by atoms with E-state index in [9.17, 15) is 18.4 Å². The van der Waals surface area contributed by atoms with E-state index < -0.39 is 23.6 Å². The Labute approximate surface area is 144 Å². The van der Waals surface area contributed by atoms with E-state index in [1.54, 1.807) is 0 Å². The molecule has 0 spiro atoms. The molecule has 2 atom stereocenters. The number of halogens is 2. The van der Waals surface area contributed by atoms with Crippen LogP contribution in [-0.2, 0) is 16.0 Å². The van der Waals surface area contributed by atoms with Crippen LogP contribution in [0.4, 0.5) is 14.5 Å². The summed E-state index contributed by atoms with van der Waals surface area (Å²) in [5.74, 6) is -2.66. The molecule has 1 aliphatic rings. The third-order valence-corrected chi connectivity index (χ3v) is 4.54. The summed E-state index contributed by atoms with van der Waals surface area (Å²) in [5, 5.41) is 2.53. The van der Waals surface area contributed by atoms with Crippen molar-refractivity contribution in [1.29, 1.82) is 0 Å². The van der Waals surface area contributed by atoms with Crippen LogP contribution in [0.5, 0.6) is 0 Å². The highest BCUT2D eigenvalue weighted by atomic mass is 19.2. The highest BCUT2D eigenvalue weighted by Gasteiger charge is 2.41. The zero-order chi connectivity index (χ0) is 17.8. The van der Waals surface area contributed by atoms with Crippen molar-refractivity contribution in [1.82, 2.24) is 5.32 Å². The Morgan fingerprint density at radius 1 is 1.12 bits per heavy atom. The van der Waals surface area contributed by atoms with E-state index in [0.29, 0.717) is 12.8 Å². The Hall–Kier alpha value is -2.76. The van der Waals surface area contributed by atoms with E-state index in [-0.39, 0.29) is 18.2 Å². The topological polar surface area (TPSA) is 49.4 Å². The van der Waals surface area contributed by atoms with Crippen LogP contribution in [0.15, 0.2) is 48.5 Å². The molecule has 0 aromatic heterocycles. The van der Waals surface area contributed by atoms with E-state index in [2.05, 4.69) is 5.32 Å². The summed E-state index contributed by atoms with van der Waals surface area (Å²) >= 11 is 0. The Morgan fingerprint density at radius 2 is 1.88 bits per heavy atom. The number of hydrogen-bond acceptors (Lipinski definition) is 2. The number of anilines is 1. The van der Waals surface area contributed by atoms with Crippen LogP contribution < -0.4 is 10.2 Å². The van der Waals surface area contributed by atoms with Crippen LogP contribution >= 0.6 is 0 Å². The molecule has 2 amide bonds. The third kappa shape index (κ3) is 3.52. The highest BCUT2D eigenvalue weighted by molar-refractivity contribution is 6.00.